The number of hydrogen-bond acceptors (Lipinski definition) is 4. The maximum absolute atomic E-state index is 5.51. The summed E-state index contributed by atoms with van der Waals surface area (Å²) in [5.74, 6) is 0.672. The Bertz CT molecular complexity index is 196. The molecule has 4 heteroatoms. The summed E-state index contributed by atoms with van der Waals surface area (Å²) in [5.41, 5.74) is 0. The molecule has 0 aromatic rings. The lowest BCUT2D eigenvalue weighted by atomic mass is 9.98. The minimum absolute atomic E-state index is 0.555. The average Bonchev–Trinajstić information content (AvgIpc) is 2.90. The van der Waals surface area contributed by atoms with Crippen molar-refractivity contribution in [3.8, 4) is 0 Å². The molecule has 0 aliphatic carbocycles. The molecule has 0 amide bonds. The van der Waals surface area contributed by atoms with E-state index in [9.17, 15) is 0 Å². The second-order valence-electron chi connectivity index (χ2n) is 4.88. The summed E-state index contributed by atoms with van der Waals surface area (Å²) in [6.45, 7) is 14.2. The van der Waals surface area contributed by atoms with Crippen molar-refractivity contribution in [2.45, 2.75) is 33.2 Å². The van der Waals surface area contributed by atoms with Crippen LogP contribution in [0.3, 0.4) is 0 Å². The van der Waals surface area contributed by atoms with Gasteiger partial charge in [-0.05, 0) is 26.4 Å². The first-order valence-corrected chi connectivity index (χ1v) is 7.43. The first kappa shape index (κ1) is 15.9. The number of ether oxygens (including phenoxy) is 2. The van der Waals surface area contributed by atoms with Crippen LogP contribution in [0.2, 0.25) is 0 Å². The van der Waals surface area contributed by atoms with Crippen LogP contribution in [0.1, 0.15) is 27.2 Å². The predicted molar refractivity (Wildman–Crippen MR) is 75.0 cm³/mol. The molecular formula is C14H30N2O2. The maximum atomic E-state index is 5.51. The third-order valence-corrected chi connectivity index (χ3v) is 3.66. The SMILES string of the molecule is CCNC(CN(CC)CCOCC)C1CCOC1. The minimum atomic E-state index is 0.555. The Balaban J connectivity index is 2.35. The van der Waals surface area contributed by atoms with Crippen LogP contribution in [-0.2, 0) is 9.47 Å². The van der Waals surface area contributed by atoms with Gasteiger partial charge in [-0.2, -0.15) is 0 Å². The predicted octanol–water partition coefficient (Wildman–Crippen LogP) is 1.36. The molecule has 1 aliphatic rings. The third kappa shape index (κ3) is 5.65. The summed E-state index contributed by atoms with van der Waals surface area (Å²) in [4.78, 5) is 2.47. The summed E-state index contributed by atoms with van der Waals surface area (Å²) in [6, 6.07) is 0.555. The van der Waals surface area contributed by atoms with Gasteiger partial charge in [-0.25, -0.2) is 0 Å². The van der Waals surface area contributed by atoms with Crippen molar-refractivity contribution < 1.29 is 9.47 Å². The molecule has 18 heavy (non-hydrogen) atoms. The Morgan fingerprint density at radius 3 is 2.78 bits per heavy atom. The smallest absolute Gasteiger partial charge is 0.0593 e. The quantitative estimate of drug-likeness (QED) is 0.600. The highest BCUT2D eigenvalue weighted by Gasteiger charge is 2.26. The van der Waals surface area contributed by atoms with Crippen LogP contribution < -0.4 is 5.32 Å². The zero-order valence-electron chi connectivity index (χ0n) is 12.3. The Morgan fingerprint density at radius 2 is 2.22 bits per heavy atom. The fraction of sp³-hybridized carbons (Fsp3) is 1.00. The number of likely N-dealkylation sites (N-methyl/N-ethyl adjacent to an activating group) is 2. The molecule has 2 atom stereocenters. The second kappa shape index (κ2) is 9.73. The normalized spacial score (nSPS) is 21.7. The summed E-state index contributed by atoms with van der Waals surface area (Å²) in [6.07, 6.45) is 1.20. The number of nitrogens with one attached hydrogen (secondary N) is 1. The van der Waals surface area contributed by atoms with Gasteiger partial charge in [-0.3, -0.25) is 4.90 Å². The van der Waals surface area contributed by atoms with Gasteiger partial charge in [0.15, 0.2) is 0 Å². The van der Waals surface area contributed by atoms with Gasteiger partial charge in [-0.15, -0.1) is 0 Å². The highest BCUT2D eigenvalue weighted by atomic mass is 16.5. The second-order valence-corrected chi connectivity index (χ2v) is 4.88. The van der Waals surface area contributed by atoms with Crippen molar-refractivity contribution >= 4 is 0 Å². The molecule has 0 saturated carbocycles. The van der Waals surface area contributed by atoms with E-state index in [1.165, 1.54) is 6.42 Å². The first-order chi connectivity index (χ1) is 8.81. The first-order valence-electron chi connectivity index (χ1n) is 7.43. The molecular weight excluding hydrogens is 228 g/mol. The summed E-state index contributed by atoms with van der Waals surface area (Å²) >= 11 is 0. The third-order valence-electron chi connectivity index (χ3n) is 3.66. The lowest BCUT2D eigenvalue weighted by Crippen LogP contribution is -2.46. The van der Waals surface area contributed by atoms with E-state index in [1.54, 1.807) is 0 Å². The molecule has 1 N–H and O–H groups in total. The van der Waals surface area contributed by atoms with Crippen LogP contribution in [0.5, 0.6) is 0 Å². The van der Waals surface area contributed by atoms with Gasteiger partial charge in [-0.1, -0.05) is 13.8 Å². The average molecular weight is 258 g/mol. The number of hydrogen-bond donors (Lipinski definition) is 1. The summed E-state index contributed by atoms with van der Waals surface area (Å²) in [5, 5.41) is 3.62. The van der Waals surface area contributed by atoms with Crippen molar-refractivity contribution in [3.05, 3.63) is 0 Å². The highest BCUT2D eigenvalue weighted by Crippen LogP contribution is 2.17. The van der Waals surface area contributed by atoms with Crippen LogP contribution in [0.25, 0.3) is 0 Å². The fourth-order valence-corrected chi connectivity index (χ4v) is 2.51. The number of nitrogens with zero attached hydrogens (tertiary/aromatic N) is 1. The van der Waals surface area contributed by atoms with E-state index in [-0.39, 0.29) is 0 Å². The van der Waals surface area contributed by atoms with Gasteiger partial charge < -0.3 is 14.8 Å². The van der Waals surface area contributed by atoms with Crippen LogP contribution in [0, 0.1) is 5.92 Å². The van der Waals surface area contributed by atoms with Gasteiger partial charge in [0.25, 0.3) is 0 Å². The van der Waals surface area contributed by atoms with E-state index >= 15 is 0 Å². The maximum Gasteiger partial charge on any atom is 0.0593 e. The zero-order valence-corrected chi connectivity index (χ0v) is 12.3. The van der Waals surface area contributed by atoms with Crippen LogP contribution >= 0.6 is 0 Å². The Labute approximate surface area is 112 Å². The fourth-order valence-electron chi connectivity index (χ4n) is 2.51. The molecule has 0 bridgehead atoms. The largest absolute Gasteiger partial charge is 0.381 e. The van der Waals surface area contributed by atoms with Crippen molar-refractivity contribution in [1.29, 1.82) is 0 Å². The molecule has 0 aromatic carbocycles. The Kier molecular flexibility index (Phi) is 8.59. The minimum Gasteiger partial charge on any atom is -0.381 e. The van der Waals surface area contributed by atoms with Crippen LogP contribution in [0.4, 0.5) is 0 Å². The van der Waals surface area contributed by atoms with Gasteiger partial charge in [0.1, 0.15) is 0 Å². The van der Waals surface area contributed by atoms with Crippen molar-refractivity contribution in [1.82, 2.24) is 10.2 Å². The molecule has 2 unspecified atom stereocenters. The molecule has 1 rings (SSSR count). The van der Waals surface area contributed by atoms with E-state index in [0.29, 0.717) is 12.0 Å². The van der Waals surface area contributed by atoms with Gasteiger partial charge in [0.05, 0.1) is 13.2 Å². The molecule has 1 aliphatic heterocycles. The van der Waals surface area contributed by atoms with E-state index in [1.807, 2.05) is 6.92 Å². The zero-order chi connectivity index (χ0) is 13.2. The van der Waals surface area contributed by atoms with Gasteiger partial charge >= 0.3 is 0 Å². The molecule has 108 valence electrons. The Hall–Kier alpha value is -0.160. The molecule has 0 radical (unpaired) electrons. The van der Waals surface area contributed by atoms with Crippen molar-refractivity contribution in [2.24, 2.45) is 5.92 Å². The lowest BCUT2D eigenvalue weighted by Gasteiger charge is -2.30. The standard InChI is InChI=1S/C14H30N2O2/c1-4-15-14(13-7-9-18-12-13)11-16(5-2)8-10-17-6-3/h13-15H,4-12H2,1-3H3. The number of rotatable bonds is 10. The van der Waals surface area contributed by atoms with Crippen molar-refractivity contribution in [3.63, 3.8) is 0 Å². The van der Waals surface area contributed by atoms with E-state index in [2.05, 4.69) is 24.1 Å². The monoisotopic (exact) mass is 258 g/mol. The van der Waals surface area contributed by atoms with Crippen LogP contribution in [-0.4, -0.2) is 63.5 Å². The lowest BCUT2D eigenvalue weighted by molar-refractivity contribution is 0.104. The van der Waals surface area contributed by atoms with Gasteiger partial charge in [0.2, 0.25) is 0 Å². The van der Waals surface area contributed by atoms with Gasteiger partial charge in [0, 0.05) is 38.3 Å². The van der Waals surface area contributed by atoms with E-state index in [0.717, 1.165) is 52.6 Å². The molecule has 0 spiro atoms. The highest BCUT2D eigenvalue weighted by molar-refractivity contribution is 4.82. The molecule has 1 fully saturated rings. The summed E-state index contributed by atoms with van der Waals surface area (Å²) in [7, 11) is 0. The Morgan fingerprint density at radius 1 is 1.39 bits per heavy atom. The molecule has 0 aromatic heterocycles. The topological polar surface area (TPSA) is 33.7 Å². The van der Waals surface area contributed by atoms with E-state index < -0.39 is 0 Å². The molecule has 4 nitrogen and oxygen atoms in total. The summed E-state index contributed by atoms with van der Waals surface area (Å²) < 4.78 is 11.0. The molecule has 1 heterocycles. The van der Waals surface area contributed by atoms with Crippen LogP contribution in [0.15, 0.2) is 0 Å². The van der Waals surface area contributed by atoms with Crippen molar-refractivity contribution in [2.75, 3.05) is 52.6 Å². The molecule has 1 saturated heterocycles. The van der Waals surface area contributed by atoms with E-state index in [4.69, 9.17) is 9.47 Å².